The van der Waals surface area contributed by atoms with E-state index in [2.05, 4.69) is 10.1 Å². The standard InChI is InChI=1S/C19H19Cl2N5O.CH4O2S/c1-11-10-26-17(23-18(11)21)9-15(24-26)16-4-2-3-7-25(16)19(27)13-8-12(20)5-6-14(13)22;1-4(2)3/h5-6,8-10,16H,2-4,7,22H2,1H3;1H3,(H,2,3)/p-1. The molecule has 11 heteroatoms. The lowest BCUT2D eigenvalue weighted by atomic mass is 9.98. The highest BCUT2D eigenvalue weighted by Gasteiger charge is 2.31. The van der Waals surface area contributed by atoms with Crippen molar-refractivity contribution in [1.82, 2.24) is 19.5 Å². The number of nitrogens with two attached hydrogens (primary N) is 1. The molecule has 2 N–H and O–H groups in total. The van der Waals surface area contributed by atoms with E-state index in [-0.39, 0.29) is 11.9 Å². The topological polar surface area (TPSA) is 117 Å². The van der Waals surface area contributed by atoms with Crippen molar-refractivity contribution >= 4 is 51.5 Å². The summed E-state index contributed by atoms with van der Waals surface area (Å²) in [6.45, 7) is 2.53. The molecule has 2 atom stereocenters. The van der Waals surface area contributed by atoms with Crippen LogP contribution < -0.4 is 5.73 Å². The van der Waals surface area contributed by atoms with E-state index in [1.807, 2.05) is 24.1 Å². The van der Waals surface area contributed by atoms with E-state index in [0.717, 1.165) is 36.8 Å². The number of likely N-dealkylation sites (tertiary alicyclic amines) is 1. The van der Waals surface area contributed by atoms with Crippen LogP contribution in [0.3, 0.4) is 0 Å². The number of fused-ring (bicyclic) bond motifs is 1. The van der Waals surface area contributed by atoms with Crippen LogP contribution in [0, 0.1) is 6.92 Å². The number of hydrogen-bond donors (Lipinski definition) is 1. The predicted molar refractivity (Wildman–Crippen MR) is 121 cm³/mol. The molecule has 1 fully saturated rings. The first-order chi connectivity index (χ1) is 14.7. The van der Waals surface area contributed by atoms with Gasteiger partial charge in [-0.1, -0.05) is 34.3 Å². The van der Waals surface area contributed by atoms with Crippen LogP contribution in [0.25, 0.3) is 5.65 Å². The minimum absolute atomic E-state index is 0.126. The molecule has 2 aromatic heterocycles. The molecule has 0 spiro atoms. The zero-order chi connectivity index (χ0) is 22.7. The number of carbonyl (C=O) groups excluding carboxylic acids is 1. The minimum atomic E-state index is -1.86. The minimum Gasteiger partial charge on any atom is -0.773 e. The molecule has 1 aliphatic rings. The monoisotopic (exact) mass is 482 g/mol. The second-order valence-corrected chi connectivity index (χ2v) is 8.83. The molecule has 31 heavy (non-hydrogen) atoms. The van der Waals surface area contributed by atoms with E-state index in [9.17, 15) is 4.79 Å². The quantitative estimate of drug-likeness (QED) is 0.337. The lowest BCUT2D eigenvalue weighted by Crippen LogP contribution is -2.39. The van der Waals surface area contributed by atoms with E-state index in [4.69, 9.17) is 37.7 Å². The van der Waals surface area contributed by atoms with Crippen molar-refractivity contribution in [3.8, 4) is 0 Å². The van der Waals surface area contributed by atoms with Crippen LogP contribution in [-0.2, 0) is 11.1 Å². The zero-order valence-corrected chi connectivity index (χ0v) is 19.4. The van der Waals surface area contributed by atoms with Gasteiger partial charge in [-0.2, -0.15) is 5.10 Å². The normalized spacial score (nSPS) is 17.2. The highest BCUT2D eigenvalue weighted by molar-refractivity contribution is 7.78. The summed E-state index contributed by atoms with van der Waals surface area (Å²) in [4.78, 5) is 19.4. The van der Waals surface area contributed by atoms with Gasteiger partial charge in [-0.3, -0.25) is 9.00 Å². The first-order valence-electron chi connectivity index (χ1n) is 9.56. The fourth-order valence-corrected chi connectivity index (χ4v) is 3.83. The van der Waals surface area contributed by atoms with Crippen molar-refractivity contribution in [2.75, 3.05) is 18.5 Å². The Hall–Kier alpha value is -2.20. The Kier molecular flexibility index (Phi) is 7.53. The molecule has 0 saturated carbocycles. The van der Waals surface area contributed by atoms with E-state index in [1.54, 1.807) is 22.7 Å². The van der Waals surface area contributed by atoms with E-state index in [0.29, 0.717) is 33.6 Å². The van der Waals surface area contributed by atoms with Gasteiger partial charge in [0.25, 0.3) is 5.91 Å². The SMILES string of the molecule is CS(=O)[O-].Cc1cn2nc(C3CCCCN3C(=O)c3cc(Cl)ccc3N)cc2nc1Cl. The molecule has 1 aromatic carbocycles. The van der Waals surface area contributed by atoms with Crippen LogP contribution in [0.4, 0.5) is 5.69 Å². The third-order valence-corrected chi connectivity index (χ3v) is 5.56. The van der Waals surface area contributed by atoms with Crippen LogP contribution in [-0.4, -0.2) is 47.0 Å². The fourth-order valence-electron chi connectivity index (χ4n) is 3.52. The molecular formula is C20H22Cl2N5O3S-. The molecular weight excluding hydrogens is 461 g/mol. The lowest BCUT2D eigenvalue weighted by Gasteiger charge is -2.35. The van der Waals surface area contributed by atoms with Crippen molar-refractivity contribution < 1.29 is 13.6 Å². The summed E-state index contributed by atoms with van der Waals surface area (Å²) in [5, 5.41) is 5.59. The Morgan fingerprint density at radius 3 is 2.71 bits per heavy atom. The Morgan fingerprint density at radius 1 is 1.29 bits per heavy atom. The maximum Gasteiger partial charge on any atom is 0.256 e. The van der Waals surface area contributed by atoms with Crippen molar-refractivity contribution in [2.24, 2.45) is 0 Å². The van der Waals surface area contributed by atoms with Gasteiger partial charge in [0, 0.05) is 35.1 Å². The molecule has 8 nitrogen and oxygen atoms in total. The number of rotatable bonds is 2. The van der Waals surface area contributed by atoms with Crippen LogP contribution in [0.5, 0.6) is 0 Å². The molecule has 3 heterocycles. The summed E-state index contributed by atoms with van der Waals surface area (Å²) in [6, 6.07) is 6.72. The average molecular weight is 483 g/mol. The number of aryl methyl sites for hydroxylation is 1. The molecule has 2 unspecified atom stereocenters. The molecule has 0 bridgehead atoms. The third-order valence-electron chi connectivity index (χ3n) is 4.94. The first-order valence-corrected chi connectivity index (χ1v) is 11.8. The third kappa shape index (κ3) is 5.54. The van der Waals surface area contributed by atoms with Crippen LogP contribution in [0.2, 0.25) is 10.2 Å². The number of nitrogen functional groups attached to an aromatic ring is 1. The van der Waals surface area contributed by atoms with Gasteiger partial charge in [0.2, 0.25) is 0 Å². The molecule has 3 aromatic rings. The Morgan fingerprint density at radius 2 is 2.00 bits per heavy atom. The van der Waals surface area contributed by atoms with Crippen molar-refractivity contribution in [1.29, 1.82) is 0 Å². The summed E-state index contributed by atoms with van der Waals surface area (Å²) in [6.07, 6.45) is 5.74. The van der Waals surface area contributed by atoms with Crippen molar-refractivity contribution in [3.05, 3.63) is 57.5 Å². The van der Waals surface area contributed by atoms with Gasteiger partial charge < -0.3 is 15.2 Å². The number of halogens is 2. The van der Waals surface area contributed by atoms with Crippen LogP contribution >= 0.6 is 23.2 Å². The largest absolute Gasteiger partial charge is 0.773 e. The Balaban J connectivity index is 0.000000628. The van der Waals surface area contributed by atoms with Crippen molar-refractivity contribution in [3.63, 3.8) is 0 Å². The second-order valence-electron chi connectivity index (χ2n) is 7.23. The van der Waals surface area contributed by atoms with Gasteiger partial charge in [0.1, 0.15) is 5.15 Å². The molecule has 166 valence electrons. The number of benzene rings is 1. The predicted octanol–water partition coefficient (Wildman–Crippen LogP) is 3.79. The second kappa shape index (κ2) is 9.95. The van der Waals surface area contributed by atoms with Gasteiger partial charge in [-0.25, -0.2) is 9.50 Å². The van der Waals surface area contributed by atoms with Crippen molar-refractivity contribution in [2.45, 2.75) is 32.2 Å². The zero-order valence-electron chi connectivity index (χ0n) is 17.0. The number of nitrogens with zero attached hydrogens (tertiary/aromatic N) is 4. The van der Waals surface area contributed by atoms with E-state index >= 15 is 0 Å². The molecule has 4 rings (SSSR count). The maximum atomic E-state index is 13.2. The number of aromatic nitrogens is 3. The molecule has 0 radical (unpaired) electrons. The van der Waals surface area contributed by atoms with Crippen LogP contribution in [0.15, 0.2) is 30.5 Å². The summed E-state index contributed by atoms with van der Waals surface area (Å²) in [5.41, 5.74) is 9.20. The average Bonchev–Trinajstić information content (AvgIpc) is 3.11. The van der Waals surface area contributed by atoms with E-state index in [1.165, 1.54) is 0 Å². The summed E-state index contributed by atoms with van der Waals surface area (Å²) < 4.78 is 19.7. The maximum absolute atomic E-state index is 13.2. The molecule has 1 aliphatic heterocycles. The Bertz CT molecular complexity index is 1090. The number of hydrogen-bond acceptors (Lipinski definition) is 6. The molecule has 1 saturated heterocycles. The first kappa shape index (κ1) is 23.5. The van der Waals surface area contributed by atoms with E-state index < -0.39 is 11.1 Å². The van der Waals surface area contributed by atoms with Gasteiger partial charge in [0.15, 0.2) is 5.65 Å². The van der Waals surface area contributed by atoms with Crippen LogP contribution in [0.1, 0.15) is 46.9 Å². The highest BCUT2D eigenvalue weighted by atomic mass is 35.5. The Labute approximate surface area is 192 Å². The van der Waals surface area contributed by atoms with Gasteiger partial charge >= 0.3 is 0 Å². The summed E-state index contributed by atoms with van der Waals surface area (Å²) in [7, 11) is 0. The summed E-state index contributed by atoms with van der Waals surface area (Å²) in [5.74, 6) is -0.126. The summed E-state index contributed by atoms with van der Waals surface area (Å²) >= 11 is 10.3. The number of carbonyl (C=O) groups is 1. The number of piperidine rings is 1. The van der Waals surface area contributed by atoms with Gasteiger partial charge in [-0.15, -0.1) is 0 Å². The number of amides is 1. The molecule has 0 aliphatic carbocycles. The highest BCUT2D eigenvalue weighted by Crippen LogP contribution is 2.33. The fraction of sp³-hybridized carbons (Fsp3) is 0.350. The number of anilines is 1. The smallest absolute Gasteiger partial charge is 0.256 e. The lowest BCUT2D eigenvalue weighted by molar-refractivity contribution is 0.0607. The van der Waals surface area contributed by atoms with Gasteiger partial charge in [-0.05, 0) is 50.6 Å². The molecule has 1 amide bonds. The van der Waals surface area contributed by atoms with Gasteiger partial charge in [0.05, 0.1) is 17.3 Å².